The Morgan fingerprint density at radius 3 is 2.63 bits per heavy atom. The predicted molar refractivity (Wildman–Crippen MR) is 98.6 cm³/mol. The van der Waals surface area contributed by atoms with Crippen LogP contribution in [0.25, 0.3) is 10.9 Å². The highest BCUT2D eigenvalue weighted by molar-refractivity contribution is 6.05. The molecule has 0 saturated heterocycles. The number of esters is 2. The highest BCUT2D eigenvalue weighted by atomic mass is 16.5. The number of allylic oxidation sites excluding steroid dienone is 2. The summed E-state index contributed by atoms with van der Waals surface area (Å²) in [5.74, 6) is -1.31. The number of aliphatic hydroxyl groups is 1. The largest absolute Gasteiger partial charge is 0.465 e. The molecule has 3 rings (SSSR count). The molecule has 1 aromatic carbocycles. The Morgan fingerprint density at radius 2 is 1.93 bits per heavy atom. The zero-order valence-electron chi connectivity index (χ0n) is 15.0. The van der Waals surface area contributed by atoms with E-state index in [9.17, 15) is 9.59 Å². The first-order valence-electron chi connectivity index (χ1n) is 8.22. The number of rotatable bonds is 5. The Kier molecular flexibility index (Phi) is 5.37. The highest BCUT2D eigenvalue weighted by Gasteiger charge is 2.27. The van der Waals surface area contributed by atoms with Crippen LogP contribution in [0.3, 0.4) is 0 Å². The van der Waals surface area contributed by atoms with Crippen molar-refractivity contribution >= 4 is 28.5 Å². The molecule has 1 aromatic heterocycles. The Hall–Kier alpha value is -3.39. The van der Waals surface area contributed by atoms with Crippen molar-refractivity contribution in [3.8, 4) is 0 Å². The topological polar surface area (TPSA) is 93.9 Å². The van der Waals surface area contributed by atoms with E-state index in [1.807, 2.05) is 6.07 Å². The number of fused-ring (bicyclic) bond motifs is 1. The first-order chi connectivity index (χ1) is 13.1. The lowest BCUT2D eigenvalue weighted by Gasteiger charge is -2.23. The molecule has 0 unspecified atom stereocenters. The van der Waals surface area contributed by atoms with E-state index in [2.05, 4.69) is 5.10 Å². The Morgan fingerprint density at radius 1 is 1.15 bits per heavy atom. The average Bonchev–Trinajstić information content (AvgIpc) is 2.95. The number of carbonyl (C=O) groups is 2. The molecule has 0 radical (unpaired) electrons. The molecular weight excluding hydrogens is 350 g/mol. The lowest BCUT2D eigenvalue weighted by Crippen LogP contribution is -2.26. The van der Waals surface area contributed by atoms with Crippen LogP contribution < -0.4 is 4.90 Å². The van der Waals surface area contributed by atoms with E-state index in [1.54, 1.807) is 46.3 Å². The second-order valence-corrected chi connectivity index (χ2v) is 5.67. The van der Waals surface area contributed by atoms with E-state index in [1.165, 1.54) is 20.3 Å². The van der Waals surface area contributed by atoms with Gasteiger partial charge in [-0.15, -0.1) is 0 Å². The lowest BCUT2D eigenvalue weighted by molar-refractivity contribution is -0.139. The minimum absolute atomic E-state index is 0.0148. The summed E-state index contributed by atoms with van der Waals surface area (Å²) in [6.45, 7) is 0.371. The number of hydrogen-bond donors (Lipinski definition) is 1. The number of aromatic nitrogens is 2. The maximum atomic E-state index is 12.4. The molecule has 2 aromatic rings. The molecule has 1 N–H and O–H groups in total. The average molecular weight is 369 g/mol. The second kappa shape index (κ2) is 7.88. The molecule has 1 aliphatic rings. The van der Waals surface area contributed by atoms with Gasteiger partial charge in [-0.1, -0.05) is 6.08 Å². The van der Waals surface area contributed by atoms with Crippen molar-refractivity contribution in [1.29, 1.82) is 0 Å². The first-order valence-corrected chi connectivity index (χ1v) is 8.22. The highest BCUT2D eigenvalue weighted by Crippen LogP contribution is 2.28. The summed E-state index contributed by atoms with van der Waals surface area (Å²) in [4.78, 5) is 26.2. The van der Waals surface area contributed by atoms with Crippen molar-refractivity contribution in [1.82, 2.24) is 9.78 Å². The Bertz CT molecular complexity index is 971. The van der Waals surface area contributed by atoms with Gasteiger partial charge in [0.05, 0.1) is 38.5 Å². The standard InChI is InChI=1S/C19H19N3O5/c1-26-18(24)15-5-3-4-8-22(17(15)19(25)27-2)14-6-7-16-13(11-14)12-21(20-16)9-10-23/h3-8,11-12,23H,9-10H2,1-2H3. The van der Waals surface area contributed by atoms with Crippen molar-refractivity contribution in [2.45, 2.75) is 6.54 Å². The van der Waals surface area contributed by atoms with Gasteiger partial charge in [0.25, 0.3) is 0 Å². The molecule has 1 aliphatic heterocycles. The number of carbonyl (C=O) groups excluding carboxylic acids is 2. The van der Waals surface area contributed by atoms with Crippen molar-refractivity contribution in [3.63, 3.8) is 0 Å². The van der Waals surface area contributed by atoms with Crippen molar-refractivity contribution < 1.29 is 24.2 Å². The van der Waals surface area contributed by atoms with Gasteiger partial charge in [-0.25, -0.2) is 9.59 Å². The zero-order valence-corrected chi connectivity index (χ0v) is 15.0. The van der Waals surface area contributed by atoms with Crippen LogP contribution in [0.5, 0.6) is 0 Å². The van der Waals surface area contributed by atoms with Gasteiger partial charge in [-0.05, 0) is 30.4 Å². The normalized spacial score (nSPS) is 13.8. The third kappa shape index (κ3) is 3.61. The van der Waals surface area contributed by atoms with Gasteiger partial charge in [0.2, 0.25) is 0 Å². The molecule has 8 nitrogen and oxygen atoms in total. The van der Waals surface area contributed by atoms with Gasteiger partial charge in [0, 0.05) is 23.5 Å². The fourth-order valence-electron chi connectivity index (χ4n) is 2.80. The van der Waals surface area contributed by atoms with Gasteiger partial charge >= 0.3 is 11.9 Å². The Balaban J connectivity index is 2.13. The maximum absolute atomic E-state index is 12.4. The van der Waals surface area contributed by atoms with E-state index < -0.39 is 11.9 Å². The summed E-state index contributed by atoms with van der Waals surface area (Å²) in [6, 6.07) is 5.42. The van der Waals surface area contributed by atoms with Crippen molar-refractivity contribution in [2.24, 2.45) is 0 Å². The summed E-state index contributed by atoms with van der Waals surface area (Å²) in [7, 11) is 2.51. The van der Waals surface area contributed by atoms with Crippen LogP contribution in [0.4, 0.5) is 5.69 Å². The number of benzene rings is 1. The van der Waals surface area contributed by atoms with Gasteiger partial charge in [0.15, 0.2) is 0 Å². The van der Waals surface area contributed by atoms with Crippen molar-refractivity contribution in [3.05, 3.63) is 60.1 Å². The van der Waals surface area contributed by atoms with Gasteiger partial charge in [-0.3, -0.25) is 4.68 Å². The molecule has 8 heteroatoms. The summed E-state index contributed by atoms with van der Waals surface area (Å²) < 4.78 is 11.3. The Labute approximate surface area is 155 Å². The SMILES string of the molecule is COC(=O)C1=C(C(=O)OC)N(c2ccc3nn(CCO)cc3c2)C=CC=C1. The smallest absolute Gasteiger partial charge is 0.355 e. The molecule has 0 spiro atoms. The van der Waals surface area contributed by atoms with E-state index >= 15 is 0 Å². The molecule has 0 bridgehead atoms. The molecular formula is C19H19N3O5. The van der Waals surface area contributed by atoms with Crippen LogP contribution in [0.15, 0.2) is 60.1 Å². The third-order valence-corrected chi connectivity index (χ3v) is 4.03. The third-order valence-electron chi connectivity index (χ3n) is 4.03. The van der Waals surface area contributed by atoms with Crippen LogP contribution >= 0.6 is 0 Å². The van der Waals surface area contributed by atoms with Crippen LogP contribution in [0.2, 0.25) is 0 Å². The zero-order chi connectivity index (χ0) is 19.4. The fourth-order valence-corrected chi connectivity index (χ4v) is 2.80. The van der Waals surface area contributed by atoms with E-state index in [0.717, 1.165) is 10.9 Å². The summed E-state index contributed by atoms with van der Waals surface area (Å²) in [5.41, 5.74) is 1.54. The number of aliphatic hydroxyl groups excluding tert-OH is 1. The molecule has 0 atom stereocenters. The molecule has 0 amide bonds. The maximum Gasteiger partial charge on any atom is 0.355 e. The second-order valence-electron chi connectivity index (χ2n) is 5.67. The first kappa shape index (κ1) is 18.4. The van der Waals surface area contributed by atoms with Crippen molar-refractivity contribution in [2.75, 3.05) is 25.7 Å². The molecule has 0 fully saturated rings. The summed E-state index contributed by atoms with van der Waals surface area (Å²) in [5, 5.41) is 14.3. The van der Waals surface area contributed by atoms with Crippen LogP contribution in [0, 0.1) is 0 Å². The van der Waals surface area contributed by atoms with Gasteiger partial charge in [0.1, 0.15) is 5.70 Å². The minimum Gasteiger partial charge on any atom is -0.465 e. The van der Waals surface area contributed by atoms with Crippen LogP contribution in [-0.2, 0) is 25.6 Å². The molecule has 0 saturated carbocycles. The molecule has 27 heavy (non-hydrogen) atoms. The van der Waals surface area contributed by atoms with Crippen LogP contribution in [-0.4, -0.2) is 47.7 Å². The van der Waals surface area contributed by atoms with Gasteiger partial charge in [-0.2, -0.15) is 5.10 Å². The number of methoxy groups -OCH3 is 2. The monoisotopic (exact) mass is 369 g/mol. The fraction of sp³-hybridized carbons (Fsp3) is 0.211. The minimum atomic E-state index is -0.664. The van der Waals surface area contributed by atoms with E-state index in [-0.39, 0.29) is 17.9 Å². The lowest BCUT2D eigenvalue weighted by atomic mass is 10.1. The van der Waals surface area contributed by atoms with Crippen LogP contribution in [0.1, 0.15) is 0 Å². The number of hydrogen-bond acceptors (Lipinski definition) is 7. The van der Waals surface area contributed by atoms with Gasteiger partial charge < -0.3 is 19.5 Å². The quantitative estimate of drug-likeness (QED) is 0.799. The summed E-state index contributed by atoms with van der Waals surface area (Å²) >= 11 is 0. The number of nitrogens with zero attached hydrogens (tertiary/aromatic N) is 3. The number of anilines is 1. The molecule has 2 heterocycles. The predicted octanol–water partition coefficient (Wildman–Crippen LogP) is 1.52. The van der Waals surface area contributed by atoms with E-state index in [0.29, 0.717) is 12.2 Å². The molecule has 0 aliphatic carbocycles. The molecule has 140 valence electrons. The van der Waals surface area contributed by atoms with E-state index in [4.69, 9.17) is 14.6 Å². The summed E-state index contributed by atoms with van der Waals surface area (Å²) in [6.07, 6.45) is 8.33. The number of ether oxygens (including phenoxy) is 2.